The van der Waals surface area contributed by atoms with Crippen LogP contribution in [0.4, 0.5) is 4.79 Å². The third kappa shape index (κ3) is 4.77. The molecule has 8 nitrogen and oxygen atoms in total. The lowest BCUT2D eigenvalue weighted by Crippen LogP contribution is -2.56. The zero-order chi connectivity index (χ0) is 25.2. The fourth-order valence-electron chi connectivity index (χ4n) is 4.46. The summed E-state index contributed by atoms with van der Waals surface area (Å²) >= 11 is 0. The topological polar surface area (TPSA) is 109 Å². The third-order valence-corrected chi connectivity index (χ3v) is 6.51. The molecule has 0 spiro atoms. The molecule has 182 valence electrons. The number of hydrogen-bond donors (Lipinski definition) is 2. The first-order valence-corrected chi connectivity index (χ1v) is 11.4. The van der Waals surface area contributed by atoms with Crippen molar-refractivity contribution in [3.8, 4) is 11.1 Å². The summed E-state index contributed by atoms with van der Waals surface area (Å²) in [6.45, 7) is 3.64. The predicted octanol–water partition coefficient (Wildman–Crippen LogP) is 4.64. The summed E-state index contributed by atoms with van der Waals surface area (Å²) < 4.78 is 10.9. The van der Waals surface area contributed by atoms with E-state index in [-0.39, 0.29) is 30.7 Å². The first kappa shape index (κ1) is 24.1. The molecule has 2 aromatic carbocycles. The van der Waals surface area contributed by atoms with Crippen molar-refractivity contribution in [2.24, 2.45) is 0 Å². The number of fused-ring (bicyclic) bond motifs is 3. The van der Waals surface area contributed by atoms with Gasteiger partial charge in [-0.1, -0.05) is 55.5 Å². The molecule has 0 saturated heterocycles. The largest absolute Gasteiger partial charge is 0.475 e. The number of carboxylic acid groups (broad SMARTS) is 1. The molecule has 0 bridgehead atoms. The molecule has 2 amide bonds. The number of rotatable bonds is 8. The Balaban J connectivity index is 1.40. The van der Waals surface area contributed by atoms with E-state index in [0.29, 0.717) is 12.2 Å². The highest BCUT2D eigenvalue weighted by molar-refractivity contribution is 5.89. The Morgan fingerprint density at radius 1 is 1.03 bits per heavy atom. The van der Waals surface area contributed by atoms with Gasteiger partial charge in [-0.15, -0.1) is 0 Å². The molecule has 0 saturated carbocycles. The van der Waals surface area contributed by atoms with Crippen LogP contribution in [-0.4, -0.2) is 47.2 Å². The number of carboxylic acids is 1. The number of nitrogens with zero attached hydrogens (tertiary/aromatic N) is 1. The lowest BCUT2D eigenvalue weighted by molar-refractivity contribution is -0.137. The Hall–Kier alpha value is -4.07. The molecule has 4 rings (SSSR count). The molecule has 1 aliphatic rings. The van der Waals surface area contributed by atoms with Gasteiger partial charge in [0.2, 0.25) is 11.7 Å². The van der Waals surface area contributed by atoms with Crippen LogP contribution in [0.5, 0.6) is 0 Å². The van der Waals surface area contributed by atoms with E-state index in [2.05, 4.69) is 17.4 Å². The van der Waals surface area contributed by atoms with Crippen LogP contribution in [0.1, 0.15) is 53.6 Å². The van der Waals surface area contributed by atoms with Gasteiger partial charge in [-0.2, -0.15) is 0 Å². The van der Waals surface area contributed by atoms with Crippen molar-refractivity contribution < 1.29 is 28.6 Å². The Morgan fingerprint density at radius 3 is 2.17 bits per heavy atom. The summed E-state index contributed by atoms with van der Waals surface area (Å²) in [6, 6.07) is 19.0. The maximum Gasteiger partial charge on any atom is 0.408 e. The fourth-order valence-corrected chi connectivity index (χ4v) is 4.46. The molecule has 1 atom stereocenters. The molecule has 0 fully saturated rings. The van der Waals surface area contributed by atoms with Crippen molar-refractivity contribution in [3.05, 3.63) is 83.3 Å². The average Bonchev–Trinajstić information content (AvgIpc) is 3.45. The SMILES string of the molecule is CCC(C)(NC(=O)OCC1c2ccccc2-c2ccccc21)C(=O)N(C)Cc1ccc(C(=O)O)o1. The molecular formula is C27H28N2O6. The van der Waals surface area contributed by atoms with Gasteiger partial charge in [0.05, 0.1) is 6.54 Å². The van der Waals surface area contributed by atoms with Crippen LogP contribution in [0.3, 0.4) is 0 Å². The van der Waals surface area contributed by atoms with E-state index in [4.69, 9.17) is 14.3 Å². The number of likely N-dealkylation sites (N-methyl/N-ethyl adjacent to an activating group) is 1. The number of carbonyl (C=O) groups excluding carboxylic acids is 2. The number of furan rings is 1. The second kappa shape index (κ2) is 9.66. The van der Waals surface area contributed by atoms with Gasteiger partial charge in [0.1, 0.15) is 17.9 Å². The van der Waals surface area contributed by atoms with Crippen molar-refractivity contribution in [3.63, 3.8) is 0 Å². The van der Waals surface area contributed by atoms with Crippen molar-refractivity contribution in [2.75, 3.05) is 13.7 Å². The van der Waals surface area contributed by atoms with Crippen molar-refractivity contribution >= 4 is 18.0 Å². The highest BCUT2D eigenvalue weighted by Gasteiger charge is 2.37. The van der Waals surface area contributed by atoms with Crippen LogP contribution in [0.2, 0.25) is 0 Å². The van der Waals surface area contributed by atoms with E-state index in [1.54, 1.807) is 20.9 Å². The summed E-state index contributed by atoms with van der Waals surface area (Å²) in [5, 5.41) is 11.7. The molecule has 1 aliphatic carbocycles. The van der Waals surface area contributed by atoms with Crippen LogP contribution in [-0.2, 0) is 16.1 Å². The van der Waals surface area contributed by atoms with Crippen molar-refractivity contribution in [1.29, 1.82) is 0 Å². The number of amides is 2. The van der Waals surface area contributed by atoms with E-state index >= 15 is 0 Å². The molecule has 35 heavy (non-hydrogen) atoms. The highest BCUT2D eigenvalue weighted by Crippen LogP contribution is 2.44. The van der Waals surface area contributed by atoms with E-state index in [9.17, 15) is 14.4 Å². The van der Waals surface area contributed by atoms with E-state index in [0.717, 1.165) is 22.3 Å². The Kier molecular flexibility index (Phi) is 6.64. The van der Waals surface area contributed by atoms with Gasteiger partial charge in [-0.3, -0.25) is 4.79 Å². The van der Waals surface area contributed by atoms with Gasteiger partial charge in [-0.05, 0) is 47.7 Å². The lowest BCUT2D eigenvalue weighted by Gasteiger charge is -2.32. The van der Waals surface area contributed by atoms with Crippen LogP contribution < -0.4 is 5.32 Å². The Morgan fingerprint density at radius 2 is 1.63 bits per heavy atom. The van der Waals surface area contributed by atoms with Gasteiger partial charge < -0.3 is 24.5 Å². The molecule has 0 aliphatic heterocycles. The number of ether oxygens (including phenoxy) is 1. The maximum atomic E-state index is 13.2. The maximum absolute atomic E-state index is 13.2. The summed E-state index contributed by atoms with van der Waals surface area (Å²) in [5.74, 6) is -1.47. The zero-order valence-corrected chi connectivity index (χ0v) is 19.9. The van der Waals surface area contributed by atoms with Crippen molar-refractivity contribution in [1.82, 2.24) is 10.2 Å². The molecule has 2 N–H and O–H groups in total. The quantitative estimate of drug-likeness (QED) is 0.490. The number of nitrogens with one attached hydrogen (secondary N) is 1. The third-order valence-electron chi connectivity index (χ3n) is 6.51. The fraction of sp³-hybridized carbons (Fsp3) is 0.296. The number of alkyl carbamates (subject to hydrolysis) is 1. The minimum Gasteiger partial charge on any atom is -0.475 e. The first-order valence-electron chi connectivity index (χ1n) is 11.4. The van der Waals surface area contributed by atoms with Crippen LogP contribution >= 0.6 is 0 Å². The highest BCUT2D eigenvalue weighted by atomic mass is 16.5. The summed E-state index contributed by atoms with van der Waals surface area (Å²) in [7, 11) is 1.57. The summed E-state index contributed by atoms with van der Waals surface area (Å²) in [6.07, 6.45) is -0.344. The molecular weight excluding hydrogens is 448 g/mol. The Labute approximate surface area is 203 Å². The van der Waals surface area contributed by atoms with Crippen molar-refractivity contribution in [2.45, 2.75) is 38.3 Å². The number of hydrogen-bond acceptors (Lipinski definition) is 5. The van der Waals surface area contributed by atoms with Crippen LogP contribution in [0.15, 0.2) is 65.1 Å². The normalized spacial score (nSPS) is 13.9. The standard InChI is InChI=1S/C27H28N2O6/c1-4-27(2,25(32)29(3)15-17-13-14-23(35-17)24(30)31)28-26(33)34-16-22-20-11-7-5-9-18(20)19-10-6-8-12-21(19)22/h5-14,22H,4,15-16H2,1-3H3,(H,28,33)(H,30,31). The van der Waals surface area contributed by atoms with E-state index in [1.165, 1.54) is 17.0 Å². The van der Waals surface area contributed by atoms with Crippen LogP contribution in [0, 0.1) is 0 Å². The van der Waals surface area contributed by atoms with Gasteiger partial charge in [-0.25, -0.2) is 9.59 Å². The predicted molar refractivity (Wildman–Crippen MR) is 129 cm³/mol. The molecule has 1 unspecified atom stereocenters. The van der Waals surface area contributed by atoms with Gasteiger partial charge in [0.25, 0.3) is 0 Å². The smallest absolute Gasteiger partial charge is 0.408 e. The monoisotopic (exact) mass is 476 g/mol. The lowest BCUT2D eigenvalue weighted by atomic mass is 9.97. The second-order valence-corrected chi connectivity index (χ2v) is 8.87. The van der Waals surface area contributed by atoms with E-state index < -0.39 is 17.6 Å². The molecule has 0 radical (unpaired) electrons. The summed E-state index contributed by atoms with van der Waals surface area (Å²) in [4.78, 5) is 38.3. The minimum absolute atomic E-state index is 0.0636. The molecule has 8 heteroatoms. The molecule has 3 aromatic rings. The molecule has 1 heterocycles. The second-order valence-electron chi connectivity index (χ2n) is 8.87. The molecule has 1 aromatic heterocycles. The van der Waals surface area contributed by atoms with Gasteiger partial charge in [0.15, 0.2) is 0 Å². The van der Waals surface area contributed by atoms with Crippen LogP contribution in [0.25, 0.3) is 11.1 Å². The summed E-state index contributed by atoms with van der Waals surface area (Å²) in [5.41, 5.74) is 3.27. The Bertz CT molecular complexity index is 1220. The average molecular weight is 477 g/mol. The first-order chi connectivity index (χ1) is 16.7. The zero-order valence-electron chi connectivity index (χ0n) is 19.9. The number of aromatic carboxylic acids is 1. The number of carbonyl (C=O) groups is 3. The van der Waals surface area contributed by atoms with Gasteiger partial charge >= 0.3 is 12.1 Å². The number of benzene rings is 2. The minimum atomic E-state index is -1.21. The van der Waals surface area contributed by atoms with Gasteiger partial charge in [0, 0.05) is 13.0 Å². The van der Waals surface area contributed by atoms with E-state index in [1.807, 2.05) is 36.4 Å².